The molecule has 0 radical (unpaired) electrons. The summed E-state index contributed by atoms with van der Waals surface area (Å²) in [6, 6.07) is 12.0. The quantitative estimate of drug-likeness (QED) is 0.310. The average Bonchev–Trinajstić information content (AvgIpc) is 3.33. The number of carbonyl (C=O) groups excluding carboxylic acids is 3. The minimum atomic E-state index is -0.871. The molecule has 3 amide bonds. The van der Waals surface area contributed by atoms with Crippen LogP contribution >= 0.6 is 11.6 Å². The smallest absolute Gasteiger partial charge is 0.329 e. The molecule has 9 nitrogen and oxygen atoms in total. The van der Waals surface area contributed by atoms with E-state index in [1.165, 1.54) is 6.21 Å². The van der Waals surface area contributed by atoms with E-state index in [0.717, 1.165) is 18.4 Å². The second kappa shape index (κ2) is 12.0. The summed E-state index contributed by atoms with van der Waals surface area (Å²) in [7, 11) is 0. The number of amides is 3. The van der Waals surface area contributed by atoms with Gasteiger partial charge in [-0.15, -0.1) is 0 Å². The molecule has 10 heteroatoms. The Kier molecular flexibility index (Phi) is 8.79. The number of benzene rings is 2. The summed E-state index contributed by atoms with van der Waals surface area (Å²) >= 11 is 6.06. The highest BCUT2D eigenvalue weighted by molar-refractivity contribution is 6.35. The molecule has 0 aromatic heterocycles. The second-order valence-electron chi connectivity index (χ2n) is 7.37. The number of ether oxygens (including phenoxy) is 2. The molecule has 0 saturated carbocycles. The number of rotatable bonds is 8. The molecule has 33 heavy (non-hydrogen) atoms. The second-order valence-corrected chi connectivity index (χ2v) is 7.77. The molecule has 2 aromatic carbocycles. The van der Waals surface area contributed by atoms with E-state index in [-0.39, 0.29) is 18.6 Å². The Morgan fingerprint density at radius 3 is 2.82 bits per heavy atom. The van der Waals surface area contributed by atoms with Crippen molar-refractivity contribution in [3.05, 3.63) is 58.6 Å². The third-order valence-electron chi connectivity index (χ3n) is 4.87. The molecule has 1 heterocycles. The maximum absolute atomic E-state index is 12.2. The largest absolute Gasteiger partial charge is 0.484 e. The standard InChI is InChI=1S/C23H25ClN4O5/c1-15-19(24)8-3-9-20(15)27-21(29)14-33-17-6-2-5-16(11-17)12-26-28-23(31)22(30)25-13-18-7-4-10-32-18/h2-3,5-6,8-9,11-12,18H,4,7,10,13-14H2,1H3,(H,25,30)(H,27,29)(H,28,31)/b26-12-/t18-/m1/s1. The van der Waals surface area contributed by atoms with Gasteiger partial charge in [0.05, 0.1) is 12.3 Å². The van der Waals surface area contributed by atoms with E-state index in [1.54, 1.807) is 42.5 Å². The first kappa shape index (κ1) is 24.2. The number of halogens is 1. The molecule has 0 unspecified atom stereocenters. The molecule has 1 atom stereocenters. The average molecular weight is 473 g/mol. The number of hydrazone groups is 1. The van der Waals surface area contributed by atoms with Crippen molar-refractivity contribution in [2.75, 3.05) is 25.1 Å². The molecule has 0 spiro atoms. The fraction of sp³-hybridized carbons (Fsp3) is 0.304. The Hall–Kier alpha value is -3.43. The van der Waals surface area contributed by atoms with Gasteiger partial charge in [-0.1, -0.05) is 29.8 Å². The SMILES string of the molecule is Cc1c(Cl)cccc1NC(=O)COc1cccc(/C=N\NC(=O)C(=O)NC[C@H]2CCCO2)c1. The predicted octanol–water partition coefficient (Wildman–Crippen LogP) is 2.41. The van der Waals surface area contributed by atoms with Crippen molar-refractivity contribution in [3.63, 3.8) is 0 Å². The van der Waals surface area contributed by atoms with Crippen molar-refractivity contribution in [2.24, 2.45) is 5.10 Å². The van der Waals surface area contributed by atoms with Crippen LogP contribution in [0.25, 0.3) is 0 Å². The van der Waals surface area contributed by atoms with Crippen LogP contribution in [0.1, 0.15) is 24.0 Å². The summed E-state index contributed by atoms with van der Waals surface area (Å²) in [5, 5.41) is 9.62. The van der Waals surface area contributed by atoms with Crippen LogP contribution < -0.4 is 20.8 Å². The van der Waals surface area contributed by atoms with Gasteiger partial charge in [0.25, 0.3) is 5.91 Å². The van der Waals surface area contributed by atoms with E-state index in [4.69, 9.17) is 21.1 Å². The van der Waals surface area contributed by atoms with E-state index in [9.17, 15) is 14.4 Å². The lowest BCUT2D eigenvalue weighted by atomic mass is 10.2. The molecule has 3 N–H and O–H groups in total. The number of hydrogen-bond acceptors (Lipinski definition) is 6. The van der Waals surface area contributed by atoms with E-state index >= 15 is 0 Å². The van der Waals surface area contributed by atoms with Gasteiger partial charge in [0.2, 0.25) is 0 Å². The third-order valence-corrected chi connectivity index (χ3v) is 5.28. The molecule has 1 aliphatic rings. The summed E-state index contributed by atoms with van der Waals surface area (Å²) in [6.07, 6.45) is 3.13. The number of nitrogens with one attached hydrogen (secondary N) is 3. The summed E-state index contributed by atoms with van der Waals surface area (Å²) in [6.45, 7) is 2.58. The first-order valence-electron chi connectivity index (χ1n) is 10.4. The monoisotopic (exact) mass is 472 g/mol. The van der Waals surface area contributed by atoms with Gasteiger partial charge >= 0.3 is 11.8 Å². The number of carbonyl (C=O) groups is 3. The lowest BCUT2D eigenvalue weighted by molar-refractivity contribution is -0.139. The summed E-state index contributed by atoms with van der Waals surface area (Å²) < 4.78 is 10.9. The lowest BCUT2D eigenvalue weighted by Crippen LogP contribution is -2.41. The number of anilines is 1. The fourth-order valence-electron chi connectivity index (χ4n) is 3.07. The fourth-order valence-corrected chi connectivity index (χ4v) is 3.25. The Bertz CT molecular complexity index is 1040. The van der Waals surface area contributed by atoms with Crippen LogP contribution in [0.4, 0.5) is 5.69 Å². The molecule has 0 aliphatic carbocycles. The predicted molar refractivity (Wildman–Crippen MR) is 124 cm³/mol. The van der Waals surface area contributed by atoms with Crippen LogP contribution in [0.5, 0.6) is 5.75 Å². The summed E-state index contributed by atoms with van der Waals surface area (Å²) in [4.78, 5) is 35.8. The van der Waals surface area contributed by atoms with E-state index in [2.05, 4.69) is 21.2 Å². The maximum Gasteiger partial charge on any atom is 0.329 e. The summed E-state index contributed by atoms with van der Waals surface area (Å²) in [5.74, 6) is -1.54. The minimum Gasteiger partial charge on any atom is -0.484 e. The Morgan fingerprint density at radius 2 is 2.03 bits per heavy atom. The van der Waals surface area contributed by atoms with Crippen molar-refractivity contribution in [1.82, 2.24) is 10.7 Å². The summed E-state index contributed by atoms with van der Waals surface area (Å²) in [5.41, 5.74) is 4.17. The van der Waals surface area contributed by atoms with Gasteiger partial charge in [-0.25, -0.2) is 5.43 Å². The maximum atomic E-state index is 12.2. The van der Waals surface area contributed by atoms with Crippen LogP contribution in [0.3, 0.4) is 0 Å². The van der Waals surface area contributed by atoms with Gasteiger partial charge in [0.15, 0.2) is 6.61 Å². The van der Waals surface area contributed by atoms with Crippen LogP contribution in [0.15, 0.2) is 47.6 Å². The van der Waals surface area contributed by atoms with E-state index in [1.807, 2.05) is 6.92 Å². The van der Waals surface area contributed by atoms with Crippen LogP contribution in [0.2, 0.25) is 5.02 Å². The molecule has 174 valence electrons. The van der Waals surface area contributed by atoms with Crippen molar-refractivity contribution < 1.29 is 23.9 Å². The van der Waals surface area contributed by atoms with Crippen molar-refractivity contribution in [2.45, 2.75) is 25.9 Å². The van der Waals surface area contributed by atoms with Gasteiger partial charge in [-0.05, 0) is 55.2 Å². The lowest BCUT2D eigenvalue weighted by Gasteiger charge is -2.10. The van der Waals surface area contributed by atoms with Crippen LogP contribution in [-0.4, -0.2) is 49.8 Å². The van der Waals surface area contributed by atoms with Crippen LogP contribution in [0, 0.1) is 6.92 Å². The van der Waals surface area contributed by atoms with Gasteiger partial charge in [0.1, 0.15) is 5.75 Å². The van der Waals surface area contributed by atoms with Crippen LogP contribution in [-0.2, 0) is 19.1 Å². The number of nitrogens with zero attached hydrogens (tertiary/aromatic N) is 1. The topological polar surface area (TPSA) is 118 Å². The first-order valence-corrected chi connectivity index (χ1v) is 10.8. The number of hydrogen-bond donors (Lipinski definition) is 3. The van der Waals surface area contributed by atoms with Gasteiger partial charge < -0.3 is 20.1 Å². The van der Waals surface area contributed by atoms with Crippen molar-refractivity contribution in [1.29, 1.82) is 0 Å². The Morgan fingerprint density at radius 1 is 1.21 bits per heavy atom. The molecule has 2 aromatic rings. The zero-order valence-corrected chi connectivity index (χ0v) is 18.9. The molecule has 1 fully saturated rings. The molecule has 3 rings (SSSR count). The highest BCUT2D eigenvalue weighted by Crippen LogP contribution is 2.23. The minimum absolute atomic E-state index is 0.0513. The van der Waals surface area contributed by atoms with Gasteiger partial charge in [-0.3, -0.25) is 14.4 Å². The normalized spacial score (nSPS) is 15.3. The highest BCUT2D eigenvalue weighted by atomic mass is 35.5. The molecular formula is C23H25ClN4O5. The highest BCUT2D eigenvalue weighted by Gasteiger charge is 2.19. The molecule has 1 saturated heterocycles. The van der Waals surface area contributed by atoms with Gasteiger partial charge in [-0.2, -0.15) is 5.10 Å². The van der Waals surface area contributed by atoms with Gasteiger partial charge in [0, 0.05) is 23.9 Å². The zero-order chi connectivity index (χ0) is 23.6. The first-order chi connectivity index (χ1) is 15.9. The third kappa shape index (κ3) is 7.58. The Balaban J connectivity index is 1.44. The zero-order valence-electron chi connectivity index (χ0n) is 18.1. The molecular weight excluding hydrogens is 448 g/mol. The van der Waals surface area contributed by atoms with Crippen molar-refractivity contribution >= 4 is 41.2 Å². The van der Waals surface area contributed by atoms with E-state index < -0.39 is 11.8 Å². The van der Waals surface area contributed by atoms with Crippen molar-refractivity contribution in [3.8, 4) is 5.75 Å². The van der Waals surface area contributed by atoms with E-state index in [0.29, 0.717) is 35.2 Å². The Labute approximate surface area is 196 Å². The molecule has 0 bridgehead atoms. The molecule has 1 aliphatic heterocycles.